The molecule has 102 valence electrons. The Morgan fingerprint density at radius 3 is 2.95 bits per heavy atom. The molecule has 1 atom stereocenters. The first kappa shape index (κ1) is 13.7. The van der Waals surface area contributed by atoms with Crippen LogP contribution >= 0.6 is 11.6 Å². The number of rotatable bonds is 4. The molecule has 0 saturated heterocycles. The smallest absolute Gasteiger partial charge is 0.261 e. The van der Waals surface area contributed by atoms with Crippen LogP contribution in [-0.2, 0) is 16.0 Å². The van der Waals surface area contributed by atoms with Gasteiger partial charge in [-0.2, -0.15) is 0 Å². The van der Waals surface area contributed by atoms with E-state index in [2.05, 4.69) is 10.6 Å². The highest BCUT2D eigenvalue weighted by molar-refractivity contribution is 6.30. The van der Waals surface area contributed by atoms with E-state index in [1.807, 2.05) is 6.92 Å². The van der Waals surface area contributed by atoms with Crippen LogP contribution in [0, 0.1) is 0 Å². The van der Waals surface area contributed by atoms with Crippen molar-refractivity contribution in [1.82, 2.24) is 10.6 Å². The summed E-state index contributed by atoms with van der Waals surface area (Å²) < 4.78 is 5.51. The van der Waals surface area contributed by atoms with Crippen LogP contribution in [0.4, 0.5) is 0 Å². The molecule has 6 heteroatoms. The van der Waals surface area contributed by atoms with Crippen LogP contribution in [0.1, 0.15) is 12.5 Å². The summed E-state index contributed by atoms with van der Waals surface area (Å²) in [4.78, 5) is 23.1. The van der Waals surface area contributed by atoms with E-state index in [4.69, 9.17) is 16.3 Å². The van der Waals surface area contributed by atoms with Crippen LogP contribution in [0.15, 0.2) is 18.2 Å². The standard InChI is InChI=1S/C13H15ClN2O3/c1-2-15-12(17)7-16-13(18)11-6-8-5-9(14)3-4-10(8)19-11/h3-5,11H,2,6-7H2,1H3,(H,15,17)(H,16,18)/t11-/m1/s1. The summed E-state index contributed by atoms with van der Waals surface area (Å²) in [5.74, 6) is 0.163. The van der Waals surface area contributed by atoms with Gasteiger partial charge in [-0.15, -0.1) is 0 Å². The lowest BCUT2D eigenvalue weighted by molar-refractivity contribution is -0.130. The molecule has 1 aromatic carbocycles. The topological polar surface area (TPSA) is 67.4 Å². The van der Waals surface area contributed by atoms with Gasteiger partial charge in [-0.1, -0.05) is 11.6 Å². The summed E-state index contributed by atoms with van der Waals surface area (Å²) in [5.41, 5.74) is 0.908. The zero-order valence-corrected chi connectivity index (χ0v) is 11.3. The lowest BCUT2D eigenvalue weighted by Crippen LogP contribution is -2.43. The molecule has 0 saturated carbocycles. The van der Waals surface area contributed by atoms with Crippen molar-refractivity contribution >= 4 is 23.4 Å². The van der Waals surface area contributed by atoms with E-state index in [0.717, 1.165) is 5.56 Å². The fourth-order valence-electron chi connectivity index (χ4n) is 1.90. The third-order valence-corrected chi connectivity index (χ3v) is 3.02. The van der Waals surface area contributed by atoms with Crippen molar-refractivity contribution in [3.63, 3.8) is 0 Å². The third-order valence-electron chi connectivity index (χ3n) is 2.79. The number of carbonyl (C=O) groups excluding carboxylic acids is 2. The molecule has 0 aliphatic carbocycles. The number of ether oxygens (including phenoxy) is 1. The Kier molecular flexibility index (Phi) is 4.27. The fraction of sp³-hybridized carbons (Fsp3) is 0.385. The highest BCUT2D eigenvalue weighted by Gasteiger charge is 2.29. The number of fused-ring (bicyclic) bond motifs is 1. The molecule has 1 aromatic rings. The summed E-state index contributed by atoms with van der Waals surface area (Å²) in [5, 5.41) is 5.77. The summed E-state index contributed by atoms with van der Waals surface area (Å²) in [6.07, 6.45) is -0.125. The first-order chi connectivity index (χ1) is 9.10. The number of nitrogens with one attached hydrogen (secondary N) is 2. The van der Waals surface area contributed by atoms with Crippen molar-refractivity contribution in [1.29, 1.82) is 0 Å². The second-order valence-electron chi connectivity index (χ2n) is 4.23. The van der Waals surface area contributed by atoms with Gasteiger partial charge in [0.1, 0.15) is 5.75 Å². The van der Waals surface area contributed by atoms with Gasteiger partial charge in [-0.05, 0) is 30.7 Å². The minimum absolute atomic E-state index is 0.0381. The fourth-order valence-corrected chi connectivity index (χ4v) is 2.10. The Morgan fingerprint density at radius 1 is 1.42 bits per heavy atom. The molecule has 1 aliphatic heterocycles. The van der Waals surface area contributed by atoms with Gasteiger partial charge in [0.15, 0.2) is 6.10 Å². The SMILES string of the molecule is CCNC(=O)CNC(=O)[C@H]1Cc2cc(Cl)ccc2O1. The Morgan fingerprint density at radius 2 is 2.21 bits per heavy atom. The minimum atomic E-state index is -0.595. The monoisotopic (exact) mass is 282 g/mol. The zero-order chi connectivity index (χ0) is 13.8. The molecule has 1 heterocycles. The molecule has 0 radical (unpaired) electrons. The number of carbonyl (C=O) groups is 2. The Hall–Kier alpha value is -1.75. The first-order valence-electron chi connectivity index (χ1n) is 6.09. The van der Waals surface area contributed by atoms with Crippen molar-refractivity contribution in [2.75, 3.05) is 13.1 Å². The lowest BCUT2D eigenvalue weighted by Gasteiger charge is -2.11. The Bertz CT molecular complexity index is 505. The Balaban J connectivity index is 1.88. The van der Waals surface area contributed by atoms with Gasteiger partial charge < -0.3 is 15.4 Å². The second-order valence-corrected chi connectivity index (χ2v) is 4.67. The summed E-state index contributed by atoms with van der Waals surface area (Å²) in [6.45, 7) is 2.32. The molecule has 2 rings (SSSR count). The van der Waals surface area contributed by atoms with Gasteiger partial charge in [0.25, 0.3) is 5.91 Å². The van der Waals surface area contributed by atoms with Gasteiger partial charge in [0.05, 0.1) is 6.54 Å². The molecule has 1 aliphatic rings. The van der Waals surface area contributed by atoms with Crippen LogP contribution in [0.2, 0.25) is 5.02 Å². The van der Waals surface area contributed by atoms with Gasteiger partial charge in [0, 0.05) is 18.0 Å². The molecule has 0 fully saturated rings. The number of hydrogen-bond donors (Lipinski definition) is 2. The molecule has 2 amide bonds. The molecular weight excluding hydrogens is 268 g/mol. The predicted molar refractivity (Wildman–Crippen MR) is 71.3 cm³/mol. The molecule has 0 unspecified atom stereocenters. The third kappa shape index (κ3) is 3.38. The number of amides is 2. The number of halogens is 1. The van der Waals surface area contributed by atoms with Crippen molar-refractivity contribution in [3.8, 4) is 5.75 Å². The average Bonchev–Trinajstić information content (AvgIpc) is 2.79. The highest BCUT2D eigenvalue weighted by Crippen LogP contribution is 2.30. The van der Waals surface area contributed by atoms with Crippen LogP contribution in [0.25, 0.3) is 0 Å². The average molecular weight is 283 g/mol. The molecule has 0 aromatic heterocycles. The maximum atomic E-state index is 11.9. The summed E-state index contributed by atoms with van der Waals surface area (Å²) >= 11 is 5.88. The van der Waals surface area contributed by atoms with E-state index < -0.39 is 6.10 Å². The van der Waals surface area contributed by atoms with Gasteiger partial charge in [-0.25, -0.2) is 0 Å². The second kappa shape index (κ2) is 5.93. The summed E-state index contributed by atoms with van der Waals surface area (Å²) in [7, 11) is 0. The number of benzene rings is 1. The van der Waals surface area contributed by atoms with Crippen molar-refractivity contribution < 1.29 is 14.3 Å². The van der Waals surface area contributed by atoms with E-state index in [-0.39, 0.29) is 18.4 Å². The van der Waals surface area contributed by atoms with E-state index in [0.29, 0.717) is 23.7 Å². The molecule has 19 heavy (non-hydrogen) atoms. The normalized spacial score (nSPS) is 16.4. The maximum Gasteiger partial charge on any atom is 0.261 e. The van der Waals surface area contributed by atoms with Crippen molar-refractivity contribution in [2.45, 2.75) is 19.4 Å². The van der Waals surface area contributed by atoms with Crippen LogP contribution < -0.4 is 15.4 Å². The van der Waals surface area contributed by atoms with Crippen LogP contribution in [0.3, 0.4) is 0 Å². The zero-order valence-electron chi connectivity index (χ0n) is 10.5. The van der Waals surface area contributed by atoms with Crippen molar-refractivity contribution in [2.24, 2.45) is 0 Å². The summed E-state index contributed by atoms with van der Waals surface area (Å²) in [6, 6.07) is 5.25. The van der Waals surface area contributed by atoms with Crippen molar-refractivity contribution in [3.05, 3.63) is 28.8 Å². The van der Waals surface area contributed by atoms with E-state index >= 15 is 0 Å². The molecule has 2 N–H and O–H groups in total. The van der Waals surface area contributed by atoms with E-state index in [9.17, 15) is 9.59 Å². The van der Waals surface area contributed by atoms with E-state index in [1.54, 1.807) is 18.2 Å². The van der Waals surface area contributed by atoms with Gasteiger partial charge >= 0.3 is 0 Å². The van der Waals surface area contributed by atoms with Gasteiger partial charge in [-0.3, -0.25) is 9.59 Å². The van der Waals surface area contributed by atoms with Crippen LogP contribution in [0.5, 0.6) is 5.75 Å². The number of likely N-dealkylation sites (N-methyl/N-ethyl adjacent to an activating group) is 1. The molecule has 5 nitrogen and oxygen atoms in total. The van der Waals surface area contributed by atoms with E-state index in [1.165, 1.54) is 0 Å². The Labute approximate surface area is 116 Å². The molecular formula is C13H15ClN2O3. The number of hydrogen-bond acceptors (Lipinski definition) is 3. The highest BCUT2D eigenvalue weighted by atomic mass is 35.5. The molecule has 0 bridgehead atoms. The lowest BCUT2D eigenvalue weighted by atomic mass is 10.1. The van der Waals surface area contributed by atoms with Gasteiger partial charge in [0.2, 0.25) is 5.91 Å². The predicted octanol–water partition coefficient (Wildman–Crippen LogP) is 0.896. The molecule has 0 spiro atoms. The minimum Gasteiger partial charge on any atom is -0.480 e. The maximum absolute atomic E-state index is 11.9. The first-order valence-corrected chi connectivity index (χ1v) is 6.47. The van der Waals surface area contributed by atoms with Crippen LogP contribution in [-0.4, -0.2) is 31.0 Å². The quantitative estimate of drug-likeness (QED) is 0.862. The largest absolute Gasteiger partial charge is 0.480 e.